The largest absolute Gasteiger partial charge is 0.418 e. The van der Waals surface area contributed by atoms with Crippen LogP contribution in [0, 0.1) is 5.92 Å². The maximum atomic E-state index is 14.5. The van der Waals surface area contributed by atoms with Crippen molar-refractivity contribution in [3.8, 4) is 0 Å². The average molecular weight is 1040 g/mol. The SMILES string of the molecule is C1CCC1.CCCC(C=O)N(C)Cc1cc(N2CCN(CC3CCN(C(=O)CN4CCN(Cc5cc(C(F)(F)F)c6cn(C7C=C(Cc8nncn8C)C=CC7)c(=O)n6c5)CC4)CC3)CC2)ccc1C=O.CNC=O. The van der Waals surface area contributed by atoms with E-state index in [-0.39, 0.29) is 24.0 Å². The Morgan fingerprint density at radius 2 is 1.60 bits per heavy atom. The highest BCUT2D eigenvalue weighted by molar-refractivity contribution is 5.79. The van der Waals surface area contributed by atoms with Crippen molar-refractivity contribution in [2.75, 3.05) is 97.5 Å². The molecule has 4 fully saturated rings. The van der Waals surface area contributed by atoms with Crippen LogP contribution in [0.2, 0.25) is 0 Å². The van der Waals surface area contributed by atoms with Gasteiger partial charge in [-0.2, -0.15) is 13.2 Å². The van der Waals surface area contributed by atoms with Gasteiger partial charge in [-0.05, 0) is 79.6 Å². The van der Waals surface area contributed by atoms with E-state index in [0.29, 0.717) is 75.6 Å². The number of pyridine rings is 1. The summed E-state index contributed by atoms with van der Waals surface area (Å²) >= 11 is 0. The molecule has 1 aromatic carbocycles. The number of halogens is 3. The van der Waals surface area contributed by atoms with Gasteiger partial charge in [-0.25, -0.2) is 4.79 Å². The fourth-order valence-electron chi connectivity index (χ4n) is 10.4. The van der Waals surface area contributed by atoms with E-state index in [1.807, 2.05) is 58.8 Å². The van der Waals surface area contributed by atoms with Crippen molar-refractivity contribution in [3.05, 3.63) is 105 Å². The van der Waals surface area contributed by atoms with E-state index in [2.05, 4.69) is 48.1 Å². The van der Waals surface area contributed by atoms with Crippen molar-refractivity contribution in [1.82, 2.24) is 53.5 Å². The predicted molar refractivity (Wildman–Crippen MR) is 284 cm³/mol. The predicted octanol–water partition coefficient (Wildman–Crippen LogP) is 5.63. The van der Waals surface area contributed by atoms with Gasteiger partial charge in [0.2, 0.25) is 12.3 Å². The second kappa shape index (κ2) is 27.2. The summed E-state index contributed by atoms with van der Waals surface area (Å²) in [5.74, 6) is 1.38. The van der Waals surface area contributed by atoms with Gasteiger partial charge in [0.25, 0.3) is 0 Å². The number of fused-ring (bicyclic) bond motifs is 1. The molecule has 1 saturated carbocycles. The van der Waals surface area contributed by atoms with Crippen LogP contribution >= 0.6 is 0 Å². The zero-order chi connectivity index (χ0) is 53.5. The van der Waals surface area contributed by atoms with Crippen molar-refractivity contribution in [2.24, 2.45) is 13.0 Å². The number of rotatable bonds is 18. The number of piperidine rings is 1. The molecule has 3 aliphatic heterocycles. The van der Waals surface area contributed by atoms with Crippen LogP contribution in [-0.4, -0.2) is 172 Å². The Bertz CT molecular complexity index is 2630. The molecule has 2 amide bonds. The number of imidazole rings is 1. The number of benzene rings is 1. The number of carbonyl (C=O) groups excluding carboxylic acids is 4. The molecule has 4 aromatic rings. The zero-order valence-electron chi connectivity index (χ0n) is 44.3. The first-order valence-corrected chi connectivity index (χ1v) is 26.8. The average Bonchev–Trinajstić information content (AvgIpc) is 3.97. The number of nitrogens with one attached hydrogen (secondary N) is 1. The third-order valence-corrected chi connectivity index (χ3v) is 15.3. The van der Waals surface area contributed by atoms with Gasteiger partial charge in [-0.15, -0.1) is 10.2 Å². The summed E-state index contributed by atoms with van der Waals surface area (Å²) in [5.41, 5.74) is 2.47. The molecule has 0 radical (unpaired) electrons. The second-order valence-electron chi connectivity index (χ2n) is 20.7. The highest BCUT2D eigenvalue weighted by Crippen LogP contribution is 2.34. The summed E-state index contributed by atoms with van der Waals surface area (Å²) < 4.78 is 48.0. The van der Waals surface area contributed by atoms with Gasteiger partial charge < -0.3 is 24.5 Å². The Labute approximate surface area is 439 Å². The lowest BCUT2D eigenvalue weighted by atomic mass is 9.95. The molecule has 17 nitrogen and oxygen atoms in total. The smallest absolute Gasteiger partial charge is 0.369 e. The van der Waals surface area contributed by atoms with E-state index >= 15 is 0 Å². The first kappa shape index (κ1) is 56.8. The molecule has 3 aromatic heterocycles. The van der Waals surface area contributed by atoms with Crippen LogP contribution < -0.4 is 15.9 Å². The van der Waals surface area contributed by atoms with Crippen LogP contribution in [0.3, 0.4) is 0 Å². The van der Waals surface area contributed by atoms with E-state index in [9.17, 15) is 32.3 Å². The number of nitrogens with zero attached hydrogens (tertiary/aromatic N) is 11. The minimum atomic E-state index is -4.66. The van der Waals surface area contributed by atoms with Crippen LogP contribution in [0.5, 0.6) is 0 Å². The lowest BCUT2D eigenvalue weighted by Gasteiger charge is -2.40. The molecule has 0 bridgehead atoms. The second-order valence-corrected chi connectivity index (χ2v) is 20.7. The third-order valence-electron chi connectivity index (χ3n) is 15.3. The third kappa shape index (κ3) is 15.3. The Morgan fingerprint density at radius 3 is 2.20 bits per heavy atom. The summed E-state index contributed by atoms with van der Waals surface area (Å²) in [6.07, 6.45) is 18.7. The van der Waals surface area contributed by atoms with Crippen LogP contribution in [-0.2, 0) is 47.1 Å². The van der Waals surface area contributed by atoms with E-state index < -0.39 is 23.5 Å². The molecular formula is C55H77F3N12O5. The number of likely N-dealkylation sites (N-methyl/N-ethyl adjacent to an activating group) is 1. The molecule has 5 aliphatic rings. The number of piperazine rings is 2. The van der Waals surface area contributed by atoms with Crippen molar-refractivity contribution in [3.63, 3.8) is 0 Å². The minimum absolute atomic E-state index is 0.118. The van der Waals surface area contributed by atoms with Crippen molar-refractivity contribution in [1.29, 1.82) is 0 Å². The quantitative estimate of drug-likeness (QED) is 0.123. The number of hydrogen-bond acceptors (Lipinski definition) is 12. The molecule has 3 saturated heterocycles. The Kier molecular flexibility index (Phi) is 20.6. The maximum absolute atomic E-state index is 14.5. The van der Waals surface area contributed by atoms with Gasteiger partial charge in [0.15, 0.2) is 0 Å². The topological polar surface area (TPSA) is 157 Å². The standard InChI is InChI=1S/C49H64F3N11O4.C4H8.C2H5NO/c1-4-6-43(34-65)55(2)30-40-26-41(10-9-39(40)33-64)60-21-19-58(20-22-60)27-36-11-13-61(14-12-36)47(66)32-59-17-15-57(16-18-59)28-38-24-44(49(50,51)52)45-31-62(48(67)63(45)29-38)42-8-5-7-37(23-42)25-46-54-53-35-56(46)3;1-2-4-3-1;1-3-2-4/h5,7,9-10,23-24,26,29,31,33-36,42-43H,4,6,8,11-22,25,27-28,30,32H2,1-3H3;1-4H2;2H,1H3,(H,3,4). The van der Waals surface area contributed by atoms with Crippen molar-refractivity contribution in [2.45, 2.75) is 102 Å². The number of likely N-dealkylation sites (tertiary alicyclic amines) is 1. The van der Waals surface area contributed by atoms with Crippen LogP contribution in [0.1, 0.15) is 104 Å². The summed E-state index contributed by atoms with van der Waals surface area (Å²) in [7, 11) is 5.34. The van der Waals surface area contributed by atoms with Crippen LogP contribution in [0.25, 0.3) is 5.52 Å². The summed E-state index contributed by atoms with van der Waals surface area (Å²) in [6, 6.07) is 6.57. The molecule has 20 heteroatoms. The molecule has 408 valence electrons. The number of allylic oxidation sites excluding steroid dienone is 4. The van der Waals surface area contributed by atoms with Gasteiger partial charge in [0.1, 0.15) is 24.7 Å². The minimum Gasteiger partial charge on any atom is -0.369 e. The van der Waals surface area contributed by atoms with Gasteiger partial charge in [-0.3, -0.25) is 43.0 Å². The van der Waals surface area contributed by atoms with E-state index in [1.54, 1.807) is 19.6 Å². The molecule has 6 heterocycles. The molecule has 0 spiro atoms. The van der Waals surface area contributed by atoms with E-state index in [4.69, 9.17) is 4.79 Å². The molecule has 75 heavy (non-hydrogen) atoms. The normalized spacial score (nSPS) is 19.4. The number of carbonyl (C=O) groups is 4. The van der Waals surface area contributed by atoms with Crippen molar-refractivity contribution < 1.29 is 32.3 Å². The monoisotopic (exact) mass is 1040 g/mol. The number of anilines is 1. The number of amides is 2. The molecule has 2 aliphatic carbocycles. The van der Waals surface area contributed by atoms with Gasteiger partial charge >= 0.3 is 11.9 Å². The van der Waals surface area contributed by atoms with Crippen LogP contribution in [0.4, 0.5) is 18.9 Å². The molecule has 2 atom stereocenters. The summed E-state index contributed by atoms with van der Waals surface area (Å²) in [5, 5.41) is 10.3. The summed E-state index contributed by atoms with van der Waals surface area (Å²) in [6.45, 7) is 11.7. The highest BCUT2D eigenvalue weighted by atomic mass is 19.4. The van der Waals surface area contributed by atoms with Crippen molar-refractivity contribution >= 4 is 36.1 Å². The summed E-state index contributed by atoms with van der Waals surface area (Å²) in [4.78, 5) is 72.9. The number of hydrogen-bond donors (Lipinski definition) is 1. The zero-order valence-corrected chi connectivity index (χ0v) is 44.3. The molecule has 2 unspecified atom stereocenters. The van der Waals surface area contributed by atoms with E-state index in [0.717, 1.165) is 111 Å². The molecule has 9 rings (SSSR count). The number of aryl methyl sites for hydroxylation is 1. The fourth-order valence-corrected chi connectivity index (χ4v) is 10.4. The Hall–Kier alpha value is -5.96. The number of aldehydes is 2. The van der Waals surface area contributed by atoms with Gasteiger partial charge in [0, 0.05) is 129 Å². The number of aromatic nitrogens is 5. The van der Waals surface area contributed by atoms with Gasteiger partial charge in [0.05, 0.1) is 29.7 Å². The van der Waals surface area contributed by atoms with Crippen LogP contribution in [0.15, 0.2) is 71.6 Å². The fraction of sp³-hybridized carbons (Fsp3) is 0.582. The maximum Gasteiger partial charge on any atom is 0.418 e. The van der Waals surface area contributed by atoms with Gasteiger partial charge in [-0.1, -0.05) is 57.3 Å². The molecular weight excluding hydrogens is 966 g/mol. The highest BCUT2D eigenvalue weighted by Gasteiger charge is 2.36. The first-order valence-electron chi connectivity index (χ1n) is 26.8. The lowest BCUT2D eigenvalue weighted by Crippen LogP contribution is -2.51. The Morgan fingerprint density at radius 1 is 0.920 bits per heavy atom. The number of alkyl halides is 3. The van der Waals surface area contributed by atoms with E-state index in [1.165, 1.54) is 42.5 Å². The Balaban J connectivity index is 0.000000947. The lowest BCUT2D eigenvalue weighted by molar-refractivity contribution is -0.136. The molecule has 1 N–H and O–H groups in total. The first-order chi connectivity index (χ1) is 36.2.